The molecule has 0 heterocycles. The normalized spacial score (nSPS) is 12.8. The van der Waals surface area contributed by atoms with Crippen molar-refractivity contribution in [3.63, 3.8) is 0 Å². The molecule has 0 heteroatoms. The smallest absolute Gasteiger partial charge is 0.0292 e. The van der Waals surface area contributed by atoms with Crippen LogP contribution in [0, 0.1) is 12.3 Å². The summed E-state index contributed by atoms with van der Waals surface area (Å²) in [6.07, 6.45) is 10.0. The summed E-state index contributed by atoms with van der Waals surface area (Å²) in [6.45, 7) is 10.8. The third-order valence-corrected chi connectivity index (χ3v) is 2.63. The van der Waals surface area contributed by atoms with Gasteiger partial charge in [-0.1, -0.05) is 52.2 Å². The summed E-state index contributed by atoms with van der Waals surface area (Å²) in [4.78, 5) is 0. The molecule has 77 valence electrons. The monoisotopic (exact) mass is 181 g/mol. The van der Waals surface area contributed by atoms with Gasteiger partial charge in [-0.15, -0.1) is 0 Å². The molecule has 1 atom stereocenters. The van der Waals surface area contributed by atoms with Crippen molar-refractivity contribution in [2.45, 2.75) is 59.3 Å². The van der Waals surface area contributed by atoms with Gasteiger partial charge in [0, 0.05) is 0 Å². The van der Waals surface area contributed by atoms with Crippen molar-refractivity contribution in [3.05, 3.63) is 18.6 Å². The molecule has 0 amide bonds. The van der Waals surface area contributed by atoms with Crippen LogP contribution >= 0.6 is 0 Å². The molecule has 0 nitrogen and oxygen atoms in total. The first-order chi connectivity index (χ1) is 6.24. The molecular weight excluding hydrogens is 156 g/mol. The Morgan fingerprint density at radius 3 is 2.46 bits per heavy atom. The van der Waals surface area contributed by atoms with E-state index in [0.29, 0.717) is 0 Å². The van der Waals surface area contributed by atoms with Crippen molar-refractivity contribution in [1.82, 2.24) is 0 Å². The third kappa shape index (κ3) is 6.86. The van der Waals surface area contributed by atoms with Crippen LogP contribution in [0.3, 0.4) is 0 Å². The summed E-state index contributed by atoms with van der Waals surface area (Å²) in [5.74, 6) is 0.777. The molecule has 0 aliphatic heterocycles. The fraction of sp³-hybridized carbons (Fsp3) is 0.769. The summed E-state index contributed by atoms with van der Waals surface area (Å²) in [5.41, 5.74) is 1.40. The molecule has 0 fully saturated rings. The lowest BCUT2D eigenvalue weighted by Crippen LogP contribution is -2.01. The minimum atomic E-state index is 0.777. The predicted molar refractivity (Wildman–Crippen MR) is 61.7 cm³/mol. The highest BCUT2D eigenvalue weighted by Crippen LogP contribution is 2.21. The molecule has 0 aromatic heterocycles. The molecule has 0 rings (SSSR count). The van der Waals surface area contributed by atoms with Crippen LogP contribution < -0.4 is 0 Å². The summed E-state index contributed by atoms with van der Waals surface area (Å²) >= 11 is 0. The Kier molecular flexibility index (Phi) is 8.18. The second-order valence-electron chi connectivity index (χ2n) is 3.85. The molecule has 1 radical (unpaired) electrons. The zero-order chi connectivity index (χ0) is 10.1. The standard InChI is InChI=1S/C13H25/c1-5-8-9-10-13(7-3)11-12(4)6-2/h10,13H,4-9,11H2,1-3H3. The Morgan fingerprint density at radius 1 is 1.31 bits per heavy atom. The molecule has 0 saturated heterocycles. The number of rotatable bonds is 8. The fourth-order valence-corrected chi connectivity index (χ4v) is 1.47. The molecule has 0 aliphatic carbocycles. The van der Waals surface area contributed by atoms with Crippen molar-refractivity contribution in [3.8, 4) is 0 Å². The van der Waals surface area contributed by atoms with Gasteiger partial charge in [-0.3, -0.25) is 0 Å². The van der Waals surface area contributed by atoms with Crippen LogP contribution in [0.25, 0.3) is 0 Å². The molecule has 1 unspecified atom stereocenters. The van der Waals surface area contributed by atoms with Gasteiger partial charge >= 0.3 is 0 Å². The van der Waals surface area contributed by atoms with E-state index in [-0.39, 0.29) is 0 Å². The molecular formula is C13H25. The molecule has 0 aromatic rings. The van der Waals surface area contributed by atoms with Crippen molar-refractivity contribution in [1.29, 1.82) is 0 Å². The Morgan fingerprint density at radius 2 is 2.00 bits per heavy atom. The van der Waals surface area contributed by atoms with E-state index < -0.39 is 0 Å². The Hall–Kier alpha value is -0.260. The minimum Gasteiger partial charge on any atom is -0.0999 e. The van der Waals surface area contributed by atoms with Crippen molar-refractivity contribution >= 4 is 0 Å². The zero-order valence-corrected chi connectivity index (χ0v) is 9.60. The maximum atomic E-state index is 4.07. The summed E-state index contributed by atoms with van der Waals surface area (Å²) in [5, 5.41) is 0. The number of allylic oxidation sites excluding steroid dienone is 1. The number of hydrogen-bond acceptors (Lipinski definition) is 0. The van der Waals surface area contributed by atoms with Gasteiger partial charge < -0.3 is 0 Å². The second kappa shape index (κ2) is 8.34. The van der Waals surface area contributed by atoms with E-state index in [2.05, 4.69) is 33.8 Å². The van der Waals surface area contributed by atoms with E-state index in [1.807, 2.05) is 0 Å². The Balaban J connectivity index is 3.56. The Labute approximate surface area is 84.4 Å². The highest BCUT2D eigenvalue weighted by atomic mass is 14.1. The first-order valence-corrected chi connectivity index (χ1v) is 5.74. The van der Waals surface area contributed by atoms with Crippen LogP contribution in [0.5, 0.6) is 0 Å². The van der Waals surface area contributed by atoms with Crippen molar-refractivity contribution < 1.29 is 0 Å². The first kappa shape index (κ1) is 12.7. The van der Waals surface area contributed by atoms with E-state index >= 15 is 0 Å². The van der Waals surface area contributed by atoms with Crippen LogP contribution in [0.1, 0.15) is 59.3 Å². The molecule has 13 heavy (non-hydrogen) atoms. The van der Waals surface area contributed by atoms with E-state index in [4.69, 9.17) is 0 Å². The fourth-order valence-electron chi connectivity index (χ4n) is 1.47. The average Bonchev–Trinajstić information content (AvgIpc) is 2.16. The second-order valence-corrected chi connectivity index (χ2v) is 3.85. The third-order valence-electron chi connectivity index (χ3n) is 2.63. The molecule has 0 aliphatic rings. The van der Waals surface area contributed by atoms with Gasteiger partial charge in [0.25, 0.3) is 0 Å². The quantitative estimate of drug-likeness (QED) is 0.374. The van der Waals surface area contributed by atoms with Gasteiger partial charge in [-0.25, -0.2) is 0 Å². The Bertz CT molecular complexity index is 124. The SMILES string of the molecule is C=C(CC)CC([CH]CCCC)CC. The molecule has 0 aromatic carbocycles. The van der Waals surface area contributed by atoms with Gasteiger partial charge in [-0.2, -0.15) is 0 Å². The van der Waals surface area contributed by atoms with E-state index in [1.165, 1.54) is 37.7 Å². The van der Waals surface area contributed by atoms with Crippen LogP contribution in [-0.4, -0.2) is 0 Å². The van der Waals surface area contributed by atoms with Crippen molar-refractivity contribution in [2.75, 3.05) is 0 Å². The molecule has 0 saturated carbocycles. The number of unbranched alkanes of at least 4 members (excludes halogenated alkanes) is 2. The van der Waals surface area contributed by atoms with Crippen LogP contribution in [0.15, 0.2) is 12.2 Å². The first-order valence-electron chi connectivity index (χ1n) is 5.74. The van der Waals surface area contributed by atoms with Gasteiger partial charge in [0.05, 0.1) is 0 Å². The summed E-state index contributed by atoms with van der Waals surface area (Å²) in [7, 11) is 0. The minimum absolute atomic E-state index is 0.777. The lowest BCUT2D eigenvalue weighted by Gasteiger charge is -2.14. The number of hydrogen-bond donors (Lipinski definition) is 0. The van der Waals surface area contributed by atoms with E-state index in [0.717, 1.165) is 12.3 Å². The van der Waals surface area contributed by atoms with Crippen LogP contribution in [0.4, 0.5) is 0 Å². The highest BCUT2D eigenvalue weighted by molar-refractivity contribution is 4.97. The van der Waals surface area contributed by atoms with Crippen LogP contribution in [-0.2, 0) is 0 Å². The summed E-state index contributed by atoms with van der Waals surface area (Å²) < 4.78 is 0. The maximum Gasteiger partial charge on any atom is -0.0292 e. The van der Waals surface area contributed by atoms with E-state index in [9.17, 15) is 0 Å². The lowest BCUT2D eigenvalue weighted by atomic mass is 9.91. The predicted octanol–water partition coefficient (Wildman–Crippen LogP) is 4.76. The molecule has 0 bridgehead atoms. The average molecular weight is 181 g/mol. The lowest BCUT2D eigenvalue weighted by molar-refractivity contribution is 0.539. The van der Waals surface area contributed by atoms with Crippen molar-refractivity contribution in [2.24, 2.45) is 5.92 Å². The molecule has 0 spiro atoms. The zero-order valence-electron chi connectivity index (χ0n) is 9.60. The largest absolute Gasteiger partial charge is 0.0999 e. The van der Waals surface area contributed by atoms with E-state index in [1.54, 1.807) is 0 Å². The maximum absolute atomic E-state index is 4.07. The van der Waals surface area contributed by atoms with Crippen LogP contribution in [0.2, 0.25) is 0 Å². The van der Waals surface area contributed by atoms with Gasteiger partial charge in [0.2, 0.25) is 0 Å². The highest BCUT2D eigenvalue weighted by Gasteiger charge is 2.06. The summed E-state index contributed by atoms with van der Waals surface area (Å²) in [6, 6.07) is 0. The molecule has 0 N–H and O–H groups in total. The topological polar surface area (TPSA) is 0 Å². The van der Waals surface area contributed by atoms with Gasteiger partial charge in [0.15, 0.2) is 0 Å². The van der Waals surface area contributed by atoms with Gasteiger partial charge in [-0.05, 0) is 31.6 Å². The van der Waals surface area contributed by atoms with Gasteiger partial charge in [0.1, 0.15) is 0 Å².